The van der Waals surface area contributed by atoms with E-state index in [9.17, 15) is 4.79 Å². The van der Waals surface area contributed by atoms with Crippen LogP contribution in [-0.2, 0) is 9.63 Å². The van der Waals surface area contributed by atoms with Gasteiger partial charge in [-0.2, -0.15) is 0 Å². The fourth-order valence-electron chi connectivity index (χ4n) is 2.08. The second kappa shape index (κ2) is 7.28. The average Bonchev–Trinajstić information content (AvgIpc) is 2.89. The van der Waals surface area contributed by atoms with Gasteiger partial charge in [0.15, 0.2) is 6.61 Å². The summed E-state index contributed by atoms with van der Waals surface area (Å²) in [5.41, 5.74) is 0.930. The number of rotatable bonds is 5. The third-order valence-corrected chi connectivity index (χ3v) is 3.59. The van der Waals surface area contributed by atoms with Gasteiger partial charge >= 0.3 is 0 Å². The van der Waals surface area contributed by atoms with Crippen molar-refractivity contribution in [3.8, 4) is 0 Å². The number of hydrogen-bond donors (Lipinski definition) is 1. The van der Waals surface area contributed by atoms with Crippen LogP contribution in [0.5, 0.6) is 0 Å². The molecule has 1 N–H and O–H groups in total. The predicted octanol–water partition coefficient (Wildman–Crippen LogP) is 2.86. The molecule has 0 unspecified atom stereocenters. The van der Waals surface area contributed by atoms with Crippen LogP contribution >= 0.6 is 15.9 Å². The molecule has 19 heavy (non-hydrogen) atoms. The molecule has 4 nitrogen and oxygen atoms in total. The molecule has 1 aromatic carbocycles. The van der Waals surface area contributed by atoms with E-state index in [4.69, 9.17) is 4.84 Å². The van der Waals surface area contributed by atoms with E-state index in [1.54, 1.807) is 6.21 Å². The highest BCUT2D eigenvalue weighted by molar-refractivity contribution is 9.10. The lowest BCUT2D eigenvalue weighted by molar-refractivity contribution is -0.126. The van der Waals surface area contributed by atoms with Crippen LogP contribution in [0.3, 0.4) is 0 Å². The van der Waals surface area contributed by atoms with Gasteiger partial charge in [-0.25, -0.2) is 0 Å². The van der Waals surface area contributed by atoms with Gasteiger partial charge in [-0.15, -0.1) is 0 Å². The standard InChI is InChI=1S/C14H17BrN2O2/c15-12-7-5-11(6-8-12)9-16-19-10-14(18)17-13-3-1-2-4-13/h5-9,13H,1-4,10H2,(H,17,18)/b16-9-. The maximum Gasteiger partial charge on any atom is 0.260 e. The van der Waals surface area contributed by atoms with E-state index in [0.29, 0.717) is 6.04 Å². The molecular formula is C14H17BrN2O2. The Bertz CT molecular complexity index is 439. The third kappa shape index (κ3) is 5.03. The largest absolute Gasteiger partial charge is 0.386 e. The molecule has 0 bridgehead atoms. The third-order valence-electron chi connectivity index (χ3n) is 3.06. The molecule has 0 saturated heterocycles. The van der Waals surface area contributed by atoms with Crippen LogP contribution < -0.4 is 5.32 Å². The highest BCUT2D eigenvalue weighted by atomic mass is 79.9. The lowest BCUT2D eigenvalue weighted by Crippen LogP contribution is -2.34. The van der Waals surface area contributed by atoms with Crippen LogP contribution in [0.15, 0.2) is 33.9 Å². The number of amides is 1. The molecule has 1 amide bonds. The van der Waals surface area contributed by atoms with Crippen molar-refractivity contribution in [1.29, 1.82) is 0 Å². The van der Waals surface area contributed by atoms with Gasteiger partial charge < -0.3 is 10.2 Å². The van der Waals surface area contributed by atoms with Gasteiger partial charge in [0.25, 0.3) is 5.91 Å². The quantitative estimate of drug-likeness (QED) is 0.668. The second-order valence-electron chi connectivity index (χ2n) is 4.61. The van der Waals surface area contributed by atoms with Crippen LogP contribution in [0, 0.1) is 0 Å². The number of carbonyl (C=O) groups excluding carboxylic acids is 1. The van der Waals surface area contributed by atoms with E-state index in [0.717, 1.165) is 22.9 Å². The van der Waals surface area contributed by atoms with Gasteiger partial charge in [-0.05, 0) is 30.5 Å². The molecule has 0 atom stereocenters. The maximum absolute atomic E-state index is 11.5. The number of halogens is 1. The zero-order chi connectivity index (χ0) is 13.5. The molecular weight excluding hydrogens is 308 g/mol. The molecule has 102 valence electrons. The molecule has 1 saturated carbocycles. The first kappa shape index (κ1) is 14.1. The van der Waals surface area contributed by atoms with Crippen LogP contribution in [0.2, 0.25) is 0 Å². The molecule has 1 aliphatic carbocycles. The Morgan fingerprint density at radius 1 is 1.37 bits per heavy atom. The second-order valence-corrected chi connectivity index (χ2v) is 5.52. The molecule has 1 fully saturated rings. The first-order valence-electron chi connectivity index (χ1n) is 6.44. The van der Waals surface area contributed by atoms with Gasteiger partial charge in [-0.1, -0.05) is 46.1 Å². The maximum atomic E-state index is 11.5. The van der Waals surface area contributed by atoms with E-state index in [1.165, 1.54) is 12.8 Å². The van der Waals surface area contributed by atoms with Gasteiger partial charge in [-0.3, -0.25) is 4.79 Å². The van der Waals surface area contributed by atoms with E-state index >= 15 is 0 Å². The summed E-state index contributed by atoms with van der Waals surface area (Å²) in [6.45, 7) is -0.0243. The highest BCUT2D eigenvalue weighted by Gasteiger charge is 2.16. The molecule has 5 heteroatoms. The van der Waals surface area contributed by atoms with Crippen molar-refractivity contribution >= 4 is 28.1 Å². The molecule has 0 spiro atoms. The summed E-state index contributed by atoms with van der Waals surface area (Å²) in [4.78, 5) is 16.5. The van der Waals surface area contributed by atoms with E-state index in [2.05, 4.69) is 26.4 Å². The minimum atomic E-state index is -0.0974. The number of hydrogen-bond acceptors (Lipinski definition) is 3. The Morgan fingerprint density at radius 2 is 2.05 bits per heavy atom. The molecule has 2 rings (SSSR count). The molecule has 1 aliphatic rings. The molecule has 0 radical (unpaired) electrons. The minimum absolute atomic E-state index is 0.0243. The lowest BCUT2D eigenvalue weighted by atomic mass is 10.2. The lowest BCUT2D eigenvalue weighted by Gasteiger charge is -2.10. The van der Waals surface area contributed by atoms with Gasteiger partial charge in [0.2, 0.25) is 0 Å². The van der Waals surface area contributed by atoms with Crippen LogP contribution in [0.4, 0.5) is 0 Å². The van der Waals surface area contributed by atoms with E-state index in [-0.39, 0.29) is 12.5 Å². The summed E-state index contributed by atoms with van der Waals surface area (Å²) in [6.07, 6.45) is 6.15. The monoisotopic (exact) mass is 324 g/mol. The van der Waals surface area contributed by atoms with Gasteiger partial charge in [0, 0.05) is 10.5 Å². The summed E-state index contributed by atoms with van der Waals surface area (Å²) in [5.74, 6) is -0.0974. The van der Waals surface area contributed by atoms with Crippen molar-refractivity contribution in [1.82, 2.24) is 5.32 Å². The van der Waals surface area contributed by atoms with Crippen molar-refractivity contribution in [2.24, 2.45) is 5.16 Å². The van der Waals surface area contributed by atoms with Crippen LogP contribution in [0.1, 0.15) is 31.2 Å². The molecule has 0 heterocycles. The summed E-state index contributed by atoms with van der Waals surface area (Å²) >= 11 is 3.36. The topological polar surface area (TPSA) is 50.7 Å². The van der Waals surface area contributed by atoms with Crippen LogP contribution in [0.25, 0.3) is 0 Å². The predicted molar refractivity (Wildman–Crippen MR) is 78.1 cm³/mol. The summed E-state index contributed by atoms with van der Waals surface area (Å²) in [7, 11) is 0. The van der Waals surface area contributed by atoms with Gasteiger partial charge in [0.05, 0.1) is 6.21 Å². The fraction of sp³-hybridized carbons (Fsp3) is 0.429. The molecule has 0 aliphatic heterocycles. The summed E-state index contributed by atoms with van der Waals surface area (Å²) < 4.78 is 1.02. The zero-order valence-electron chi connectivity index (χ0n) is 10.6. The smallest absolute Gasteiger partial charge is 0.260 e. The normalized spacial score (nSPS) is 15.8. The first-order valence-corrected chi connectivity index (χ1v) is 7.23. The minimum Gasteiger partial charge on any atom is -0.386 e. The average molecular weight is 325 g/mol. The molecule has 1 aromatic rings. The van der Waals surface area contributed by atoms with Crippen LogP contribution in [-0.4, -0.2) is 24.8 Å². The number of oxime groups is 1. The van der Waals surface area contributed by atoms with Gasteiger partial charge in [0.1, 0.15) is 0 Å². The SMILES string of the molecule is O=C(CO/N=C\c1ccc(Br)cc1)NC1CCCC1. The summed E-state index contributed by atoms with van der Waals surface area (Å²) in [5, 5.41) is 6.73. The summed E-state index contributed by atoms with van der Waals surface area (Å²) in [6, 6.07) is 8.00. The van der Waals surface area contributed by atoms with Crippen molar-refractivity contribution in [2.75, 3.05) is 6.61 Å². The number of nitrogens with zero attached hydrogens (tertiary/aromatic N) is 1. The number of benzene rings is 1. The zero-order valence-corrected chi connectivity index (χ0v) is 12.2. The van der Waals surface area contributed by atoms with Crippen molar-refractivity contribution in [3.63, 3.8) is 0 Å². The Kier molecular flexibility index (Phi) is 5.39. The Morgan fingerprint density at radius 3 is 2.74 bits per heavy atom. The number of carbonyl (C=O) groups is 1. The molecule has 0 aromatic heterocycles. The Hall–Kier alpha value is -1.36. The fourth-order valence-corrected chi connectivity index (χ4v) is 2.35. The first-order chi connectivity index (χ1) is 9.24. The Balaban J connectivity index is 1.67. The van der Waals surface area contributed by atoms with E-state index < -0.39 is 0 Å². The van der Waals surface area contributed by atoms with Crippen molar-refractivity contribution < 1.29 is 9.63 Å². The van der Waals surface area contributed by atoms with E-state index in [1.807, 2.05) is 24.3 Å². The van der Waals surface area contributed by atoms with Crippen molar-refractivity contribution in [3.05, 3.63) is 34.3 Å². The van der Waals surface area contributed by atoms with Crippen molar-refractivity contribution in [2.45, 2.75) is 31.7 Å². The number of nitrogens with one attached hydrogen (secondary N) is 1. The highest BCUT2D eigenvalue weighted by Crippen LogP contribution is 2.17. The Labute approximate surface area is 121 Å².